The third-order valence-electron chi connectivity index (χ3n) is 0.801. The topological polar surface area (TPSA) is 30.2 Å². The number of furan rings is 1. The molecule has 0 radical (unpaired) electrons. The van der Waals surface area contributed by atoms with Gasteiger partial charge < -0.3 is 9.21 Å². The zero-order chi connectivity index (χ0) is 13.2. The Kier molecular flexibility index (Phi) is 12.9. The van der Waals surface area contributed by atoms with Gasteiger partial charge in [-0.25, -0.2) is 0 Å². The second-order valence-electron chi connectivity index (χ2n) is 1.96. The SMILES string of the molecule is CC=O.ClC(Cl)(Cl)c1ccco1.ClC(Cl)Cl. The minimum Gasteiger partial charge on any atom is -0.465 e. The van der Waals surface area contributed by atoms with Gasteiger partial charge >= 0.3 is 0 Å². The van der Waals surface area contributed by atoms with Crippen molar-refractivity contribution in [3.8, 4) is 0 Å². The van der Waals surface area contributed by atoms with E-state index in [9.17, 15) is 0 Å². The summed E-state index contributed by atoms with van der Waals surface area (Å²) in [5.74, 6) is 0.340. The molecule has 0 saturated carbocycles. The molecule has 0 aliphatic rings. The van der Waals surface area contributed by atoms with Crippen LogP contribution in [-0.2, 0) is 8.59 Å². The van der Waals surface area contributed by atoms with Gasteiger partial charge in [0, 0.05) is 0 Å². The molecule has 1 aromatic heterocycles. The number of hydrogen-bond acceptors (Lipinski definition) is 2. The molecule has 94 valence electrons. The zero-order valence-electron chi connectivity index (χ0n) is 7.97. The smallest absolute Gasteiger partial charge is 0.248 e. The maximum absolute atomic E-state index is 8.81. The molecule has 2 nitrogen and oxygen atoms in total. The van der Waals surface area contributed by atoms with E-state index < -0.39 is 8.09 Å². The molecule has 0 atom stereocenters. The Morgan fingerprint density at radius 1 is 1.31 bits per heavy atom. The summed E-state index contributed by atoms with van der Waals surface area (Å²) < 4.78 is 2.62. The molecular weight excluding hydrogens is 341 g/mol. The fourth-order valence-electron chi connectivity index (χ4n) is 0.440. The first-order valence-corrected chi connectivity index (χ1v) is 6.12. The average Bonchev–Trinajstić information content (AvgIpc) is 2.53. The van der Waals surface area contributed by atoms with Crippen molar-refractivity contribution in [2.45, 2.75) is 15.0 Å². The predicted octanol–water partition coefficient (Wildman–Crippen LogP) is 5.30. The van der Waals surface area contributed by atoms with Crippen molar-refractivity contribution >= 4 is 75.9 Å². The van der Waals surface area contributed by atoms with Gasteiger partial charge in [-0.3, -0.25) is 0 Å². The predicted molar refractivity (Wildman–Crippen MR) is 71.0 cm³/mol. The van der Waals surface area contributed by atoms with E-state index in [-0.39, 0.29) is 0 Å². The molecule has 0 aliphatic carbocycles. The van der Waals surface area contributed by atoms with Crippen molar-refractivity contribution in [3.05, 3.63) is 24.2 Å². The third-order valence-corrected chi connectivity index (χ3v) is 1.36. The van der Waals surface area contributed by atoms with Crippen LogP contribution in [0.4, 0.5) is 0 Å². The molecule has 0 saturated heterocycles. The van der Waals surface area contributed by atoms with Gasteiger partial charge in [0.05, 0.1) is 6.26 Å². The molecule has 0 bridgehead atoms. The summed E-state index contributed by atoms with van der Waals surface area (Å²) in [6.45, 7) is 1.44. The summed E-state index contributed by atoms with van der Waals surface area (Å²) in [5, 5.41) is 0. The molecule has 1 rings (SSSR count). The first-order valence-electron chi connectivity index (χ1n) is 3.68. The van der Waals surface area contributed by atoms with Crippen molar-refractivity contribution in [3.63, 3.8) is 0 Å². The Labute approximate surface area is 124 Å². The van der Waals surface area contributed by atoms with Gasteiger partial charge in [-0.05, 0) is 19.1 Å². The lowest BCUT2D eigenvalue weighted by Gasteiger charge is -2.04. The van der Waals surface area contributed by atoms with E-state index in [0.717, 1.165) is 6.29 Å². The van der Waals surface area contributed by atoms with Gasteiger partial charge in [-0.1, -0.05) is 69.6 Å². The van der Waals surface area contributed by atoms with Crippen LogP contribution in [0.25, 0.3) is 0 Å². The van der Waals surface area contributed by atoms with Gasteiger partial charge in [0.2, 0.25) is 3.79 Å². The van der Waals surface area contributed by atoms with Crippen LogP contribution in [0.5, 0.6) is 0 Å². The van der Waals surface area contributed by atoms with Crippen LogP contribution in [0.15, 0.2) is 22.8 Å². The molecule has 0 fully saturated rings. The second kappa shape index (κ2) is 10.8. The highest BCUT2D eigenvalue weighted by Gasteiger charge is 2.25. The van der Waals surface area contributed by atoms with Crippen molar-refractivity contribution in [2.75, 3.05) is 0 Å². The van der Waals surface area contributed by atoms with E-state index >= 15 is 0 Å². The van der Waals surface area contributed by atoms with E-state index in [1.807, 2.05) is 0 Å². The lowest BCUT2D eigenvalue weighted by atomic mass is 10.5. The van der Waals surface area contributed by atoms with Crippen LogP contribution < -0.4 is 0 Å². The Balaban J connectivity index is 0. The minimum atomic E-state index is -1.43. The lowest BCUT2D eigenvalue weighted by molar-refractivity contribution is -0.106. The van der Waals surface area contributed by atoms with E-state index in [4.69, 9.17) is 78.8 Å². The van der Waals surface area contributed by atoms with Crippen LogP contribution >= 0.6 is 69.6 Å². The molecule has 0 amide bonds. The maximum atomic E-state index is 8.81. The Bertz CT molecular complexity index is 251. The highest BCUT2D eigenvalue weighted by atomic mass is 35.6. The number of carbonyl (C=O) groups is 1. The van der Waals surface area contributed by atoms with Crippen LogP contribution in [0.2, 0.25) is 0 Å². The normalized spacial score (nSPS) is 9.75. The van der Waals surface area contributed by atoms with E-state index in [2.05, 4.69) is 0 Å². The minimum absolute atomic E-state index is 0.340. The number of rotatable bonds is 0. The van der Waals surface area contributed by atoms with E-state index in [0.29, 0.717) is 5.76 Å². The monoisotopic (exact) mass is 346 g/mol. The summed E-state index contributed by atoms with van der Waals surface area (Å²) in [7, 11) is 0. The van der Waals surface area contributed by atoms with Gasteiger partial charge in [0.1, 0.15) is 6.29 Å². The molecule has 1 aromatic rings. The molecule has 0 aliphatic heterocycles. The quantitative estimate of drug-likeness (QED) is 0.470. The van der Waals surface area contributed by atoms with Gasteiger partial charge in [0.25, 0.3) is 0 Å². The molecule has 0 N–H and O–H groups in total. The maximum Gasteiger partial charge on any atom is 0.248 e. The number of alkyl halides is 6. The Hall–Kier alpha value is 0.690. The molecule has 1 heterocycles. The first kappa shape index (κ1) is 19.0. The van der Waals surface area contributed by atoms with Crippen molar-refractivity contribution in [2.24, 2.45) is 0 Å². The first-order chi connectivity index (χ1) is 7.25. The summed E-state index contributed by atoms with van der Waals surface area (Å²) >= 11 is 30.7. The summed E-state index contributed by atoms with van der Waals surface area (Å²) in [6.07, 6.45) is 2.21. The van der Waals surface area contributed by atoms with Crippen molar-refractivity contribution < 1.29 is 9.21 Å². The van der Waals surface area contributed by atoms with Crippen LogP contribution in [0.3, 0.4) is 0 Å². The van der Waals surface area contributed by atoms with E-state index in [1.165, 1.54) is 13.2 Å². The molecule has 0 unspecified atom stereocenters. The largest absolute Gasteiger partial charge is 0.465 e. The number of carbonyl (C=O) groups excluding carboxylic acids is 1. The zero-order valence-corrected chi connectivity index (χ0v) is 12.5. The third kappa shape index (κ3) is 14.7. The van der Waals surface area contributed by atoms with Crippen molar-refractivity contribution in [1.29, 1.82) is 0 Å². The van der Waals surface area contributed by atoms with Crippen LogP contribution in [-0.4, -0.2) is 10.6 Å². The van der Waals surface area contributed by atoms with Crippen molar-refractivity contribution in [1.82, 2.24) is 0 Å². The van der Waals surface area contributed by atoms with Gasteiger partial charge in [0.15, 0.2) is 10.1 Å². The summed E-state index contributed by atoms with van der Waals surface area (Å²) in [5.41, 5.74) is 0. The highest BCUT2D eigenvalue weighted by Crippen LogP contribution is 2.37. The average molecular weight is 349 g/mol. The Morgan fingerprint density at radius 3 is 1.81 bits per heavy atom. The van der Waals surface area contributed by atoms with E-state index in [1.54, 1.807) is 12.1 Å². The number of halogens is 6. The molecule has 0 spiro atoms. The number of aldehydes is 1. The Morgan fingerprint density at radius 2 is 1.69 bits per heavy atom. The van der Waals surface area contributed by atoms with Crippen LogP contribution in [0.1, 0.15) is 12.7 Å². The number of hydrogen-bond donors (Lipinski definition) is 0. The second-order valence-corrected chi connectivity index (χ2v) is 6.22. The summed E-state index contributed by atoms with van der Waals surface area (Å²) in [4.78, 5) is 8.81. The molecular formula is C8H8Cl6O2. The molecule has 0 aromatic carbocycles. The van der Waals surface area contributed by atoms with Crippen LogP contribution in [0, 0.1) is 0 Å². The lowest BCUT2D eigenvalue weighted by Crippen LogP contribution is -1.95. The van der Waals surface area contributed by atoms with Gasteiger partial charge in [-0.15, -0.1) is 0 Å². The highest BCUT2D eigenvalue weighted by molar-refractivity contribution is 6.66. The fourth-order valence-corrected chi connectivity index (χ4v) is 0.762. The fraction of sp³-hybridized carbons (Fsp3) is 0.375. The summed E-state index contributed by atoms with van der Waals surface area (Å²) in [6, 6.07) is 3.27. The standard InChI is InChI=1S/C5H3Cl3O.C2H4O.CHCl3/c6-5(7,8)4-2-1-3-9-4;1-2-3;2-1(3)4/h1-3H;2H,1H3;1H. The molecule has 8 heteroatoms. The molecule has 16 heavy (non-hydrogen) atoms. The van der Waals surface area contributed by atoms with Gasteiger partial charge in [-0.2, -0.15) is 0 Å².